The number of halogens is 3. The van der Waals surface area contributed by atoms with E-state index in [-0.39, 0.29) is 6.54 Å². The van der Waals surface area contributed by atoms with Crippen LogP contribution in [0.25, 0.3) is 0 Å². The van der Waals surface area contributed by atoms with Crippen LogP contribution in [0.15, 0.2) is 0 Å². The molecule has 1 aliphatic heterocycles. The Morgan fingerprint density at radius 2 is 2.12 bits per heavy atom. The van der Waals surface area contributed by atoms with E-state index in [1.807, 2.05) is 6.92 Å². The van der Waals surface area contributed by atoms with E-state index in [9.17, 15) is 13.2 Å². The van der Waals surface area contributed by atoms with Gasteiger partial charge in [0.05, 0.1) is 5.60 Å². The number of nitrogens with zero attached hydrogens (tertiary/aromatic N) is 1. The molecule has 0 aromatic heterocycles. The number of nitrogens with two attached hydrogens (primary N) is 1. The van der Waals surface area contributed by atoms with Gasteiger partial charge in [-0.25, -0.2) is 0 Å². The van der Waals surface area contributed by atoms with Crippen molar-refractivity contribution >= 4 is 0 Å². The van der Waals surface area contributed by atoms with E-state index in [4.69, 9.17) is 10.5 Å². The molecule has 2 atom stereocenters. The maximum Gasteiger partial charge on any atom is 0.405 e. The second kappa shape index (κ2) is 4.89. The maximum absolute atomic E-state index is 12.7. The van der Waals surface area contributed by atoms with E-state index in [1.54, 1.807) is 0 Å². The summed E-state index contributed by atoms with van der Waals surface area (Å²) in [5, 5.41) is 0. The highest BCUT2D eigenvalue weighted by atomic mass is 19.4. The summed E-state index contributed by atoms with van der Waals surface area (Å²) in [7, 11) is 1.54. The zero-order chi connectivity index (χ0) is 12.4. The lowest BCUT2D eigenvalue weighted by atomic mass is 9.93. The van der Waals surface area contributed by atoms with Crippen molar-refractivity contribution in [1.29, 1.82) is 0 Å². The summed E-state index contributed by atoms with van der Waals surface area (Å²) < 4.78 is 43.4. The Labute approximate surface area is 93.7 Å². The molecule has 1 saturated heterocycles. The van der Waals surface area contributed by atoms with Gasteiger partial charge >= 0.3 is 6.18 Å². The minimum Gasteiger partial charge on any atom is -0.377 e. The fraction of sp³-hybridized carbons (Fsp3) is 1.00. The Morgan fingerprint density at radius 1 is 1.50 bits per heavy atom. The summed E-state index contributed by atoms with van der Waals surface area (Å²) >= 11 is 0. The number of alkyl halides is 3. The minimum atomic E-state index is -4.26. The normalized spacial score (nSPS) is 30.4. The van der Waals surface area contributed by atoms with Crippen LogP contribution in [0.1, 0.15) is 19.8 Å². The summed E-state index contributed by atoms with van der Waals surface area (Å²) in [5.74, 6) is 0. The molecule has 0 radical (unpaired) electrons. The molecule has 2 N–H and O–H groups in total. The van der Waals surface area contributed by atoms with E-state index in [2.05, 4.69) is 0 Å². The summed E-state index contributed by atoms with van der Waals surface area (Å²) in [6.07, 6.45) is -2.77. The summed E-state index contributed by atoms with van der Waals surface area (Å²) in [6, 6.07) is -1.55. The highest BCUT2D eigenvalue weighted by molar-refractivity contribution is 4.90. The fourth-order valence-corrected chi connectivity index (χ4v) is 2.17. The Hall–Kier alpha value is -0.330. The first kappa shape index (κ1) is 13.7. The molecule has 0 amide bonds. The molecule has 96 valence electrons. The number of methoxy groups -OCH3 is 1. The van der Waals surface area contributed by atoms with Crippen LogP contribution in [0.5, 0.6) is 0 Å². The predicted molar refractivity (Wildman–Crippen MR) is 55.1 cm³/mol. The Bertz CT molecular complexity index is 235. The lowest BCUT2D eigenvalue weighted by Crippen LogP contribution is -2.57. The van der Waals surface area contributed by atoms with Gasteiger partial charge in [0.1, 0.15) is 6.04 Å². The smallest absolute Gasteiger partial charge is 0.377 e. The van der Waals surface area contributed by atoms with Crippen molar-refractivity contribution in [3.63, 3.8) is 0 Å². The largest absolute Gasteiger partial charge is 0.405 e. The van der Waals surface area contributed by atoms with Crippen molar-refractivity contribution < 1.29 is 17.9 Å². The van der Waals surface area contributed by atoms with Crippen molar-refractivity contribution in [3.05, 3.63) is 0 Å². The van der Waals surface area contributed by atoms with Crippen LogP contribution in [0.3, 0.4) is 0 Å². The number of rotatable bonds is 3. The van der Waals surface area contributed by atoms with E-state index in [0.717, 1.165) is 6.42 Å². The van der Waals surface area contributed by atoms with Crippen LogP contribution in [-0.2, 0) is 4.74 Å². The summed E-state index contributed by atoms with van der Waals surface area (Å²) in [5.41, 5.74) is 4.73. The van der Waals surface area contributed by atoms with Gasteiger partial charge in [0.25, 0.3) is 0 Å². The molecule has 0 bridgehead atoms. The van der Waals surface area contributed by atoms with Crippen LogP contribution in [-0.4, -0.2) is 49.5 Å². The standard InChI is InChI=1S/C10H19F3N2O/c1-9(16-2)4-3-5-15(7-9)8(6-14)10(11,12)13/h8H,3-7,14H2,1-2H3. The Kier molecular flexibility index (Phi) is 4.20. The van der Waals surface area contributed by atoms with Crippen molar-refractivity contribution in [3.8, 4) is 0 Å². The van der Waals surface area contributed by atoms with E-state index in [1.165, 1.54) is 12.0 Å². The van der Waals surface area contributed by atoms with E-state index in [0.29, 0.717) is 13.0 Å². The molecule has 0 aromatic carbocycles. The molecule has 3 nitrogen and oxygen atoms in total. The average Bonchev–Trinajstić information content (AvgIpc) is 2.17. The van der Waals surface area contributed by atoms with Gasteiger partial charge in [0, 0.05) is 20.2 Å². The first-order valence-electron chi connectivity index (χ1n) is 5.38. The van der Waals surface area contributed by atoms with Crippen LogP contribution in [0.4, 0.5) is 13.2 Å². The van der Waals surface area contributed by atoms with Gasteiger partial charge in [0.15, 0.2) is 0 Å². The quantitative estimate of drug-likeness (QED) is 0.810. The summed E-state index contributed by atoms with van der Waals surface area (Å²) in [6.45, 7) is 2.15. The van der Waals surface area contributed by atoms with Crippen LogP contribution < -0.4 is 5.73 Å². The monoisotopic (exact) mass is 240 g/mol. The third-order valence-corrected chi connectivity index (χ3v) is 3.22. The minimum absolute atomic E-state index is 0.283. The molecule has 1 heterocycles. The predicted octanol–water partition coefficient (Wildman–Crippen LogP) is 1.38. The zero-order valence-electron chi connectivity index (χ0n) is 9.68. The number of hydrogen-bond acceptors (Lipinski definition) is 3. The molecule has 2 unspecified atom stereocenters. The van der Waals surface area contributed by atoms with Crippen molar-refractivity contribution in [2.45, 2.75) is 37.6 Å². The highest BCUT2D eigenvalue weighted by Crippen LogP contribution is 2.30. The van der Waals surface area contributed by atoms with E-state index < -0.39 is 24.4 Å². The van der Waals surface area contributed by atoms with Crippen LogP contribution in [0, 0.1) is 0 Å². The third kappa shape index (κ3) is 3.09. The molecular formula is C10H19F3N2O. The summed E-state index contributed by atoms with van der Waals surface area (Å²) in [4.78, 5) is 1.38. The second-order valence-corrected chi connectivity index (χ2v) is 4.52. The van der Waals surface area contributed by atoms with Gasteiger partial charge in [-0.1, -0.05) is 0 Å². The zero-order valence-corrected chi connectivity index (χ0v) is 9.68. The lowest BCUT2D eigenvalue weighted by molar-refractivity contribution is -0.194. The molecular weight excluding hydrogens is 221 g/mol. The van der Waals surface area contributed by atoms with Gasteiger partial charge in [-0.2, -0.15) is 13.2 Å². The second-order valence-electron chi connectivity index (χ2n) is 4.52. The molecule has 1 aliphatic rings. The molecule has 0 saturated carbocycles. The first-order valence-corrected chi connectivity index (χ1v) is 5.38. The van der Waals surface area contributed by atoms with Crippen molar-refractivity contribution in [2.24, 2.45) is 5.73 Å². The first-order chi connectivity index (χ1) is 7.32. The van der Waals surface area contributed by atoms with Gasteiger partial charge in [-0.15, -0.1) is 0 Å². The maximum atomic E-state index is 12.7. The number of ether oxygens (including phenoxy) is 1. The van der Waals surface area contributed by atoms with Crippen LogP contribution >= 0.6 is 0 Å². The van der Waals surface area contributed by atoms with Gasteiger partial charge < -0.3 is 10.5 Å². The van der Waals surface area contributed by atoms with Gasteiger partial charge in [-0.05, 0) is 26.3 Å². The lowest BCUT2D eigenvalue weighted by Gasteiger charge is -2.43. The molecule has 1 rings (SSSR count). The molecule has 1 fully saturated rings. The molecule has 16 heavy (non-hydrogen) atoms. The van der Waals surface area contributed by atoms with Gasteiger partial charge in [0.2, 0.25) is 0 Å². The SMILES string of the molecule is COC1(C)CCCN(C(CN)C(F)(F)F)C1. The van der Waals surface area contributed by atoms with Gasteiger partial charge in [-0.3, -0.25) is 4.90 Å². The molecule has 0 aromatic rings. The number of hydrogen-bond donors (Lipinski definition) is 1. The fourth-order valence-electron chi connectivity index (χ4n) is 2.17. The third-order valence-electron chi connectivity index (χ3n) is 3.22. The Morgan fingerprint density at radius 3 is 2.56 bits per heavy atom. The average molecular weight is 240 g/mol. The van der Waals surface area contributed by atoms with Crippen molar-refractivity contribution in [1.82, 2.24) is 4.90 Å². The number of likely N-dealkylation sites (tertiary alicyclic amines) is 1. The highest BCUT2D eigenvalue weighted by Gasteiger charge is 2.45. The Balaban J connectivity index is 2.72. The molecule has 6 heteroatoms. The molecule has 0 aliphatic carbocycles. The molecule has 0 spiro atoms. The van der Waals surface area contributed by atoms with Crippen LogP contribution in [0.2, 0.25) is 0 Å². The van der Waals surface area contributed by atoms with Crippen molar-refractivity contribution in [2.75, 3.05) is 26.7 Å². The topological polar surface area (TPSA) is 38.5 Å². The van der Waals surface area contributed by atoms with E-state index >= 15 is 0 Å². The number of piperidine rings is 1.